The maximum atomic E-state index is 8.17. The zero-order valence-electron chi connectivity index (χ0n) is 15.2. The molecule has 1 rings (SSSR count). The minimum absolute atomic E-state index is 0.365. The van der Waals surface area contributed by atoms with Gasteiger partial charge in [-0.15, -0.1) is 0 Å². The normalized spacial score (nSPS) is 11.6. The van der Waals surface area contributed by atoms with Crippen molar-refractivity contribution >= 4 is 0 Å². The highest BCUT2D eigenvalue weighted by atomic mass is 16.6. The van der Waals surface area contributed by atoms with E-state index in [1.54, 1.807) is 0 Å². The van der Waals surface area contributed by atoms with Crippen LogP contribution in [0, 0.1) is 0 Å². The van der Waals surface area contributed by atoms with E-state index in [4.69, 9.17) is 61.3 Å². The molecule has 0 aromatic heterocycles. The van der Waals surface area contributed by atoms with Crippen molar-refractivity contribution in [3.63, 3.8) is 0 Å². The van der Waals surface area contributed by atoms with Crippen LogP contribution in [0.2, 0.25) is 0 Å². The molecule has 12 N–H and O–H groups in total. The molecular formula is C14H36O13. The third kappa shape index (κ3) is 51.7. The molecule has 0 bridgehead atoms. The lowest BCUT2D eigenvalue weighted by molar-refractivity contribution is 0.0450. The van der Waals surface area contributed by atoms with Gasteiger partial charge in [0.1, 0.15) is 24.4 Å². The van der Waals surface area contributed by atoms with Crippen molar-refractivity contribution in [2.24, 2.45) is 0 Å². The van der Waals surface area contributed by atoms with Gasteiger partial charge >= 0.3 is 0 Å². The average molecular weight is 412 g/mol. The Morgan fingerprint density at radius 1 is 0.407 bits per heavy atom. The van der Waals surface area contributed by atoms with Gasteiger partial charge in [0.15, 0.2) is 0 Å². The molecule has 1 saturated heterocycles. The molecule has 1 aliphatic heterocycles. The summed E-state index contributed by atoms with van der Waals surface area (Å²) >= 11 is 0. The topological polar surface area (TPSA) is 255 Å². The molecule has 0 unspecified atom stereocenters. The maximum Gasteiger partial charge on any atom is 0.100 e. The van der Waals surface area contributed by atoms with Crippen LogP contribution in [-0.4, -0.2) is 152 Å². The Balaban J connectivity index is -0.000000124. The van der Waals surface area contributed by atoms with Crippen LogP contribution in [-0.2, 0) is 4.74 Å². The predicted octanol–water partition coefficient (Wildman–Crippen LogP) is -6.66. The molecule has 13 heteroatoms. The van der Waals surface area contributed by atoms with E-state index < -0.39 is 24.4 Å². The monoisotopic (exact) mass is 412 g/mol. The first-order valence-electron chi connectivity index (χ1n) is 7.91. The Bertz CT molecular complexity index is 174. The van der Waals surface area contributed by atoms with Crippen molar-refractivity contribution < 1.29 is 66.0 Å². The Hall–Kier alpha value is -0.520. The first-order valence-corrected chi connectivity index (χ1v) is 7.91. The van der Waals surface area contributed by atoms with Crippen molar-refractivity contribution in [1.82, 2.24) is 0 Å². The first-order chi connectivity index (χ1) is 12.7. The van der Waals surface area contributed by atoms with E-state index >= 15 is 0 Å². The summed E-state index contributed by atoms with van der Waals surface area (Å²) in [7, 11) is 0. The van der Waals surface area contributed by atoms with Crippen LogP contribution >= 0.6 is 0 Å². The number of aliphatic hydroxyl groups is 12. The second-order valence-corrected chi connectivity index (χ2v) is 4.69. The minimum Gasteiger partial charge on any atom is -0.394 e. The van der Waals surface area contributed by atoms with Gasteiger partial charge in [0.05, 0.1) is 66.1 Å². The molecule has 170 valence electrons. The summed E-state index contributed by atoms with van der Waals surface area (Å²) in [5.41, 5.74) is 0. The van der Waals surface area contributed by atoms with E-state index in [9.17, 15) is 0 Å². The third-order valence-corrected chi connectivity index (χ3v) is 1.89. The molecule has 0 aliphatic carbocycles. The first kappa shape index (κ1) is 34.0. The number of ether oxygens (including phenoxy) is 1. The third-order valence-electron chi connectivity index (χ3n) is 1.89. The molecule has 0 saturated carbocycles. The summed E-state index contributed by atoms with van der Waals surface area (Å²) in [5.74, 6) is 0. The zero-order chi connectivity index (χ0) is 22.1. The summed E-state index contributed by atoms with van der Waals surface area (Å²) in [6.07, 6.45) is -3.81. The fraction of sp³-hybridized carbons (Fsp3) is 1.00. The van der Waals surface area contributed by atoms with Gasteiger partial charge in [-0.3, -0.25) is 0 Å². The highest BCUT2D eigenvalue weighted by molar-refractivity contribution is 4.45. The molecule has 0 aromatic rings. The molecule has 0 aromatic carbocycles. The Kier molecular flexibility index (Phi) is 38.1. The molecule has 0 amide bonds. The van der Waals surface area contributed by atoms with Crippen molar-refractivity contribution in [1.29, 1.82) is 0 Å². The van der Waals surface area contributed by atoms with Gasteiger partial charge in [-0.2, -0.15) is 0 Å². The molecule has 13 nitrogen and oxygen atoms in total. The molecule has 0 radical (unpaired) electrons. The lowest BCUT2D eigenvalue weighted by atomic mass is 10.4. The van der Waals surface area contributed by atoms with Gasteiger partial charge in [0.25, 0.3) is 0 Å². The summed E-state index contributed by atoms with van der Waals surface area (Å²) in [6.45, 7) is -0.917. The molecule has 1 fully saturated rings. The number of rotatable bonds is 8. The molecule has 27 heavy (non-hydrogen) atoms. The lowest BCUT2D eigenvalue weighted by Crippen LogP contribution is -2.15. The van der Waals surface area contributed by atoms with Gasteiger partial charge in [-0.1, -0.05) is 0 Å². The summed E-state index contributed by atoms with van der Waals surface area (Å²) in [4.78, 5) is 0. The van der Waals surface area contributed by atoms with E-state index in [0.717, 1.165) is 13.2 Å². The van der Waals surface area contributed by atoms with Crippen LogP contribution in [0.3, 0.4) is 0 Å². The molecular weight excluding hydrogens is 376 g/mol. The zero-order valence-corrected chi connectivity index (χ0v) is 15.2. The fourth-order valence-electron chi connectivity index (χ4n) is 0.231. The van der Waals surface area contributed by atoms with Crippen molar-refractivity contribution in [2.75, 3.05) is 66.1 Å². The summed E-state index contributed by atoms with van der Waals surface area (Å²) in [5, 5.41) is 96.1. The maximum absolute atomic E-state index is 8.17. The number of hydrogen-bond acceptors (Lipinski definition) is 13. The number of hydrogen-bond donors (Lipinski definition) is 12. The van der Waals surface area contributed by atoms with E-state index in [2.05, 4.69) is 4.74 Å². The van der Waals surface area contributed by atoms with Crippen LogP contribution in [0.4, 0.5) is 0 Å². The SMILES string of the molecule is C1CO1.OCC(O)CO.OCC(O)CO.OCC(O)CO.OCC(O)CO. The van der Waals surface area contributed by atoms with Crippen molar-refractivity contribution in [2.45, 2.75) is 24.4 Å². The van der Waals surface area contributed by atoms with E-state index in [1.165, 1.54) is 0 Å². The fourth-order valence-corrected chi connectivity index (χ4v) is 0.231. The lowest BCUT2D eigenvalue weighted by Gasteiger charge is -1.96. The largest absolute Gasteiger partial charge is 0.394 e. The van der Waals surface area contributed by atoms with Gasteiger partial charge in [0, 0.05) is 0 Å². The standard InChI is InChI=1S/4C3H8O3.C2H4O/c4*4-1-3(6)2-5;1-2-3-1/h4*3-6H,1-2H2;1-2H2. The number of aliphatic hydroxyl groups excluding tert-OH is 12. The van der Waals surface area contributed by atoms with E-state index in [1.807, 2.05) is 0 Å². The van der Waals surface area contributed by atoms with Gasteiger partial charge in [-0.25, -0.2) is 0 Å². The summed E-state index contributed by atoms with van der Waals surface area (Å²) < 4.78 is 4.50. The summed E-state index contributed by atoms with van der Waals surface area (Å²) in [6, 6.07) is 0. The average Bonchev–Trinajstić information content (AvgIpc) is 3.61. The van der Waals surface area contributed by atoms with Gasteiger partial charge < -0.3 is 66.0 Å². The number of epoxide rings is 1. The second-order valence-electron chi connectivity index (χ2n) is 4.69. The van der Waals surface area contributed by atoms with Crippen LogP contribution in [0.15, 0.2) is 0 Å². The van der Waals surface area contributed by atoms with Crippen LogP contribution in [0.1, 0.15) is 0 Å². The smallest absolute Gasteiger partial charge is 0.100 e. The Labute approximate surface area is 157 Å². The molecule has 0 atom stereocenters. The van der Waals surface area contributed by atoms with Crippen molar-refractivity contribution in [3.05, 3.63) is 0 Å². The van der Waals surface area contributed by atoms with Crippen molar-refractivity contribution in [3.8, 4) is 0 Å². The predicted molar refractivity (Wildman–Crippen MR) is 91.5 cm³/mol. The Morgan fingerprint density at radius 3 is 0.519 bits per heavy atom. The quantitative estimate of drug-likeness (QED) is 0.166. The highest BCUT2D eigenvalue weighted by Crippen LogP contribution is 1.84. The minimum atomic E-state index is -0.954. The molecule has 1 aliphatic rings. The molecule has 0 spiro atoms. The Morgan fingerprint density at radius 2 is 0.519 bits per heavy atom. The van der Waals surface area contributed by atoms with Gasteiger partial charge in [0.2, 0.25) is 0 Å². The van der Waals surface area contributed by atoms with Crippen LogP contribution in [0.5, 0.6) is 0 Å². The van der Waals surface area contributed by atoms with Crippen LogP contribution < -0.4 is 0 Å². The van der Waals surface area contributed by atoms with E-state index in [-0.39, 0.29) is 52.9 Å². The molecule has 1 heterocycles. The van der Waals surface area contributed by atoms with Gasteiger partial charge in [-0.05, 0) is 0 Å². The second kappa shape index (κ2) is 30.2. The highest BCUT2D eigenvalue weighted by Gasteiger charge is 1.95. The van der Waals surface area contributed by atoms with E-state index in [0.29, 0.717) is 0 Å². The van der Waals surface area contributed by atoms with Crippen LogP contribution in [0.25, 0.3) is 0 Å².